The topological polar surface area (TPSA) is 66.4 Å². The van der Waals surface area contributed by atoms with Crippen molar-refractivity contribution in [3.8, 4) is 0 Å². The molecule has 0 aliphatic rings. The minimum absolute atomic E-state index is 0.0926. The number of hydrazone groups is 1. The van der Waals surface area contributed by atoms with Crippen molar-refractivity contribution in [2.24, 2.45) is 5.10 Å². The van der Waals surface area contributed by atoms with E-state index in [1.807, 2.05) is 42.5 Å². The van der Waals surface area contributed by atoms with Gasteiger partial charge in [0.1, 0.15) is 0 Å². The van der Waals surface area contributed by atoms with Gasteiger partial charge in [-0.1, -0.05) is 24.3 Å². The Morgan fingerprint density at radius 3 is 2.81 bits per heavy atom. The largest absolute Gasteiger partial charge is 0.385 e. The molecule has 5 heteroatoms. The number of hydrogen-bond donors (Lipinski definition) is 2. The van der Waals surface area contributed by atoms with E-state index in [4.69, 9.17) is 0 Å². The number of amides is 1. The standard InChI is InChI=1S/C16H18N4O/c21-16(20-19-13-14-6-4-10-17-12-14)9-5-11-18-15-7-2-1-3-8-15/h1-4,6-8,10,12-13,18H,5,9,11H2,(H,20,21). The SMILES string of the molecule is O=C(CCCNc1ccccc1)NN=Cc1cccnc1. The van der Waals surface area contributed by atoms with Gasteiger partial charge < -0.3 is 5.32 Å². The van der Waals surface area contributed by atoms with Crippen LogP contribution in [0.15, 0.2) is 60.0 Å². The van der Waals surface area contributed by atoms with E-state index in [-0.39, 0.29) is 5.91 Å². The predicted octanol–water partition coefficient (Wildman–Crippen LogP) is 2.42. The number of hydrogen-bond acceptors (Lipinski definition) is 4. The maximum atomic E-state index is 11.6. The molecule has 0 atom stereocenters. The maximum Gasteiger partial charge on any atom is 0.240 e. The van der Waals surface area contributed by atoms with Crippen LogP contribution in [0.1, 0.15) is 18.4 Å². The van der Waals surface area contributed by atoms with Crippen molar-refractivity contribution in [1.29, 1.82) is 0 Å². The molecular formula is C16H18N4O. The first-order chi connectivity index (χ1) is 10.3. The van der Waals surface area contributed by atoms with Crippen LogP contribution in [-0.2, 0) is 4.79 Å². The zero-order valence-corrected chi connectivity index (χ0v) is 11.7. The van der Waals surface area contributed by atoms with Gasteiger partial charge >= 0.3 is 0 Å². The third-order valence-corrected chi connectivity index (χ3v) is 2.77. The minimum Gasteiger partial charge on any atom is -0.385 e. The molecule has 0 aliphatic carbocycles. The molecule has 21 heavy (non-hydrogen) atoms. The van der Waals surface area contributed by atoms with Gasteiger partial charge in [0.15, 0.2) is 0 Å². The Balaban J connectivity index is 1.61. The van der Waals surface area contributed by atoms with Crippen LogP contribution >= 0.6 is 0 Å². The van der Waals surface area contributed by atoms with E-state index in [1.54, 1.807) is 18.6 Å². The first-order valence-corrected chi connectivity index (χ1v) is 6.85. The smallest absolute Gasteiger partial charge is 0.240 e. The highest BCUT2D eigenvalue weighted by Crippen LogP contribution is 2.04. The summed E-state index contributed by atoms with van der Waals surface area (Å²) in [5, 5.41) is 7.15. The summed E-state index contributed by atoms with van der Waals surface area (Å²) in [7, 11) is 0. The maximum absolute atomic E-state index is 11.6. The molecule has 0 radical (unpaired) electrons. The Kier molecular flexibility index (Phi) is 5.94. The second-order valence-corrected chi connectivity index (χ2v) is 4.48. The zero-order chi connectivity index (χ0) is 14.8. The average Bonchev–Trinajstić information content (AvgIpc) is 2.54. The second-order valence-electron chi connectivity index (χ2n) is 4.48. The molecule has 5 nitrogen and oxygen atoms in total. The minimum atomic E-state index is -0.0926. The van der Waals surface area contributed by atoms with Crippen LogP contribution in [0.5, 0.6) is 0 Å². The van der Waals surface area contributed by atoms with Crippen LogP contribution in [-0.4, -0.2) is 23.7 Å². The van der Waals surface area contributed by atoms with Crippen LogP contribution < -0.4 is 10.7 Å². The Hall–Kier alpha value is -2.69. The van der Waals surface area contributed by atoms with E-state index in [0.717, 1.165) is 24.2 Å². The van der Waals surface area contributed by atoms with Gasteiger partial charge in [0.05, 0.1) is 6.21 Å². The highest BCUT2D eigenvalue weighted by molar-refractivity contribution is 5.81. The molecule has 1 aromatic heterocycles. The van der Waals surface area contributed by atoms with E-state index >= 15 is 0 Å². The lowest BCUT2D eigenvalue weighted by molar-refractivity contribution is -0.121. The summed E-state index contributed by atoms with van der Waals surface area (Å²) in [5.41, 5.74) is 4.42. The van der Waals surface area contributed by atoms with E-state index in [9.17, 15) is 4.79 Å². The summed E-state index contributed by atoms with van der Waals surface area (Å²) in [6.45, 7) is 0.754. The predicted molar refractivity (Wildman–Crippen MR) is 84.1 cm³/mol. The fraction of sp³-hybridized carbons (Fsp3) is 0.188. The molecule has 1 heterocycles. The number of anilines is 1. The molecule has 108 valence electrons. The van der Waals surface area contributed by atoms with Crippen LogP contribution in [0.25, 0.3) is 0 Å². The van der Waals surface area contributed by atoms with Crippen molar-refractivity contribution < 1.29 is 4.79 Å². The summed E-state index contributed by atoms with van der Waals surface area (Å²) < 4.78 is 0. The van der Waals surface area contributed by atoms with Crippen LogP contribution in [0, 0.1) is 0 Å². The Morgan fingerprint density at radius 2 is 2.05 bits per heavy atom. The lowest BCUT2D eigenvalue weighted by Crippen LogP contribution is -2.18. The van der Waals surface area contributed by atoms with Crippen LogP contribution in [0.3, 0.4) is 0 Å². The van der Waals surface area contributed by atoms with E-state index < -0.39 is 0 Å². The third kappa shape index (κ3) is 5.86. The monoisotopic (exact) mass is 282 g/mol. The number of para-hydroxylation sites is 1. The Bertz CT molecular complexity index is 569. The molecule has 1 aromatic carbocycles. The molecular weight excluding hydrogens is 264 g/mol. The summed E-state index contributed by atoms with van der Waals surface area (Å²) in [5.74, 6) is -0.0926. The Labute approximate surface area is 124 Å². The first-order valence-electron chi connectivity index (χ1n) is 6.85. The highest BCUT2D eigenvalue weighted by Gasteiger charge is 1.99. The quantitative estimate of drug-likeness (QED) is 0.465. The molecule has 2 aromatic rings. The van der Waals surface area contributed by atoms with Crippen molar-refractivity contribution in [1.82, 2.24) is 10.4 Å². The van der Waals surface area contributed by atoms with Crippen LogP contribution in [0.2, 0.25) is 0 Å². The molecule has 1 amide bonds. The van der Waals surface area contributed by atoms with Gasteiger partial charge in [-0.25, -0.2) is 5.43 Å². The third-order valence-electron chi connectivity index (χ3n) is 2.77. The number of aromatic nitrogens is 1. The number of pyridine rings is 1. The Morgan fingerprint density at radius 1 is 1.19 bits per heavy atom. The van der Waals surface area contributed by atoms with Crippen LogP contribution in [0.4, 0.5) is 5.69 Å². The summed E-state index contributed by atoms with van der Waals surface area (Å²) >= 11 is 0. The lowest BCUT2D eigenvalue weighted by atomic mass is 10.2. The summed E-state index contributed by atoms with van der Waals surface area (Å²) in [6, 6.07) is 13.6. The molecule has 2 rings (SSSR count). The lowest BCUT2D eigenvalue weighted by Gasteiger charge is -2.05. The van der Waals surface area contributed by atoms with Crippen molar-refractivity contribution in [3.05, 3.63) is 60.4 Å². The molecule has 2 N–H and O–H groups in total. The van der Waals surface area contributed by atoms with Crippen molar-refractivity contribution in [2.75, 3.05) is 11.9 Å². The molecule has 0 saturated carbocycles. The number of rotatable bonds is 7. The average molecular weight is 282 g/mol. The highest BCUT2D eigenvalue weighted by atomic mass is 16.2. The fourth-order valence-corrected chi connectivity index (χ4v) is 1.72. The van der Waals surface area contributed by atoms with Gasteiger partial charge in [0.25, 0.3) is 0 Å². The number of carbonyl (C=O) groups excluding carboxylic acids is 1. The fourth-order valence-electron chi connectivity index (χ4n) is 1.72. The molecule has 0 unspecified atom stereocenters. The van der Waals surface area contributed by atoms with Crippen molar-refractivity contribution in [3.63, 3.8) is 0 Å². The molecule has 0 bridgehead atoms. The first kappa shape index (κ1) is 14.7. The molecule has 0 fully saturated rings. The number of nitrogens with zero attached hydrogens (tertiary/aromatic N) is 2. The van der Waals surface area contributed by atoms with Gasteiger partial charge in [0, 0.05) is 36.6 Å². The number of carbonyl (C=O) groups is 1. The van der Waals surface area contributed by atoms with Gasteiger partial charge in [0.2, 0.25) is 5.91 Å². The van der Waals surface area contributed by atoms with Crippen molar-refractivity contribution >= 4 is 17.8 Å². The van der Waals surface area contributed by atoms with Gasteiger partial charge in [-0.15, -0.1) is 0 Å². The van der Waals surface area contributed by atoms with Gasteiger partial charge in [-0.2, -0.15) is 5.10 Å². The van der Waals surface area contributed by atoms with E-state index in [0.29, 0.717) is 6.42 Å². The van der Waals surface area contributed by atoms with E-state index in [1.165, 1.54) is 0 Å². The normalized spacial score (nSPS) is 10.5. The molecule has 0 saturated heterocycles. The van der Waals surface area contributed by atoms with Gasteiger partial charge in [-0.05, 0) is 24.6 Å². The molecule has 0 spiro atoms. The summed E-state index contributed by atoms with van der Waals surface area (Å²) in [4.78, 5) is 15.5. The zero-order valence-electron chi connectivity index (χ0n) is 11.7. The number of benzene rings is 1. The van der Waals surface area contributed by atoms with Crippen molar-refractivity contribution in [2.45, 2.75) is 12.8 Å². The molecule has 0 aliphatic heterocycles. The second kappa shape index (κ2) is 8.47. The summed E-state index contributed by atoms with van der Waals surface area (Å²) in [6.07, 6.45) is 6.13. The van der Waals surface area contributed by atoms with E-state index in [2.05, 4.69) is 20.8 Å². The number of nitrogens with one attached hydrogen (secondary N) is 2. The van der Waals surface area contributed by atoms with Gasteiger partial charge in [-0.3, -0.25) is 9.78 Å².